The molecule has 0 spiro atoms. The van der Waals surface area contributed by atoms with E-state index in [9.17, 15) is 8.78 Å². The summed E-state index contributed by atoms with van der Waals surface area (Å²) in [6, 6.07) is 3.06. The SMILES string of the molecule is FCC1CN(Cc2nc3cc(Br)cc(F)c3o2)C1. The first-order valence-corrected chi connectivity index (χ1v) is 6.48. The van der Waals surface area contributed by atoms with Gasteiger partial charge in [0.15, 0.2) is 11.4 Å². The third kappa shape index (κ3) is 2.14. The highest BCUT2D eigenvalue weighted by Gasteiger charge is 2.27. The second-order valence-electron chi connectivity index (χ2n) is 4.56. The molecule has 2 aromatic rings. The summed E-state index contributed by atoms with van der Waals surface area (Å²) in [6.07, 6.45) is 0. The summed E-state index contributed by atoms with van der Waals surface area (Å²) < 4.78 is 31.9. The number of benzene rings is 1. The average Bonchev–Trinajstić information content (AvgIpc) is 2.65. The van der Waals surface area contributed by atoms with Crippen molar-refractivity contribution in [3.05, 3.63) is 28.3 Å². The van der Waals surface area contributed by atoms with Gasteiger partial charge in [0.25, 0.3) is 0 Å². The number of fused-ring (bicyclic) bond motifs is 1. The highest BCUT2D eigenvalue weighted by atomic mass is 79.9. The maximum absolute atomic E-state index is 13.6. The average molecular weight is 317 g/mol. The molecule has 0 bridgehead atoms. The van der Waals surface area contributed by atoms with Crippen LogP contribution in [0.5, 0.6) is 0 Å². The predicted molar refractivity (Wildman–Crippen MR) is 66.4 cm³/mol. The van der Waals surface area contributed by atoms with Crippen LogP contribution in [0.4, 0.5) is 8.78 Å². The molecule has 0 aliphatic carbocycles. The Hall–Kier alpha value is -1.01. The van der Waals surface area contributed by atoms with Crippen LogP contribution in [0.25, 0.3) is 11.1 Å². The molecule has 1 aliphatic rings. The lowest BCUT2D eigenvalue weighted by Gasteiger charge is -2.36. The van der Waals surface area contributed by atoms with Crippen molar-refractivity contribution < 1.29 is 13.2 Å². The quantitative estimate of drug-likeness (QED) is 0.871. The molecule has 96 valence electrons. The molecule has 3 rings (SSSR count). The van der Waals surface area contributed by atoms with Gasteiger partial charge in [-0.05, 0) is 12.1 Å². The number of rotatable bonds is 3. The number of hydrogen-bond acceptors (Lipinski definition) is 3. The van der Waals surface area contributed by atoms with Gasteiger partial charge in [0.2, 0.25) is 5.89 Å². The lowest BCUT2D eigenvalue weighted by molar-refractivity contribution is 0.0660. The Kier molecular flexibility index (Phi) is 3.07. The van der Waals surface area contributed by atoms with Gasteiger partial charge >= 0.3 is 0 Å². The van der Waals surface area contributed by atoms with Crippen molar-refractivity contribution in [1.82, 2.24) is 9.88 Å². The van der Waals surface area contributed by atoms with Gasteiger partial charge in [-0.1, -0.05) is 15.9 Å². The molecule has 6 heteroatoms. The second kappa shape index (κ2) is 4.59. The van der Waals surface area contributed by atoms with Crippen molar-refractivity contribution in [2.24, 2.45) is 5.92 Å². The van der Waals surface area contributed by atoms with Gasteiger partial charge in [-0.15, -0.1) is 0 Å². The number of hydrogen-bond donors (Lipinski definition) is 0. The minimum Gasteiger partial charge on any atom is -0.436 e. The minimum absolute atomic E-state index is 0.125. The van der Waals surface area contributed by atoms with Gasteiger partial charge in [0.05, 0.1) is 13.2 Å². The summed E-state index contributed by atoms with van der Waals surface area (Å²) in [7, 11) is 0. The van der Waals surface area contributed by atoms with Crippen LogP contribution in [0.1, 0.15) is 5.89 Å². The Morgan fingerprint density at radius 1 is 1.44 bits per heavy atom. The molecule has 2 heterocycles. The van der Waals surface area contributed by atoms with E-state index >= 15 is 0 Å². The van der Waals surface area contributed by atoms with Crippen LogP contribution in [0.15, 0.2) is 21.0 Å². The Morgan fingerprint density at radius 3 is 2.94 bits per heavy atom. The van der Waals surface area contributed by atoms with Crippen LogP contribution in [-0.4, -0.2) is 29.6 Å². The van der Waals surface area contributed by atoms with Crippen LogP contribution >= 0.6 is 15.9 Å². The molecule has 0 N–H and O–H groups in total. The first-order valence-electron chi connectivity index (χ1n) is 5.68. The van der Waals surface area contributed by atoms with Gasteiger partial charge in [0.1, 0.15) is 5.52 Å². The fraction of sp³-hybridized carbons (Fsp3) is 0.417. The normalized spacial score (nSPS) is 17.3. The molecule has 0 unspecified atom stereocenters. The van der Waals surface area contributed by atoms with Crippen molar-refractivity contribution >= 4 is 27.0 Å². The number of alkyl halides is 1. The highest BCUT2D eigenvalue weighted by molar-refractivity contribution is 9.10. The maximum atomic E-state index is 13.6. The van der Waals surface area contributed by atoms with Crippen molar-refractivity contribution in [3.63, 3.8) is 0 Å². The van der Waals surface area contributed by atoms with Crippen molar-refractivity contribution in [2.75, 3.05) is 19.8 Å². The fourth-order valence-electron chi connectivity index (χ4n) is 2.17. The third-order valence-electron chi connectivity index (χ3n) is 3.06. The zero-order valence-electron chi connectivity index (χ0n) is 9.50. The van der Waals surface area contributed by atoms with Gasteiger partial charge in [-0.25, -0.2) is 9.37 Å². The number of nitrogens with zero attached hydrogens (tertiary/aromatic N) is 2. The number of halogens is 3. The third-order valence-corrected chi connectivity index (χ3v) is 3.52. The summed E-state index contributed by atoms with van der Waals surface area (Å²) in [6.45, 7) is 1.64. The molecular weight excluding hydrogens is 306 g/mol. The molecular formula is C12H11BrF2N2O. The Bertz CT molecular complexity index is 581. The first kappa shape index (κ1) is 12.0. The molecule has 1 aromatic heterocycles. The molecule has 3 nitrogen and oxygen atoms in total. The minimum atomic E-state index is -0.427. The molecule has 0 radical (unpaired) electrons. The van der Waals surface area contributed by atoms with E-state index in [1.54, 1.807) is 6.07 Å². The smallest absolute Gasteiger partial charge is 0.209 e. The van der Waals surface area contributed by atoms with Crippen LogP contribution in [-0.2, 0) is 6.54 Å². The first-order chi connectivity index (χ1) is 8.65. The standard InChI is InChI=1S/C12H11BrF2N2O/c13-8-1-9(15)12-10(2-8)16-11(18-12)6-17-4-7(3-14)5-17/h1-2,7H,3-6H2. The molecule has 1 fully saturated rings. The largest absolute Gasteiger partial charge is 0.436 e. The van der Waals surface area contributed by atoms with Crippen molar-refractivity contribution in [3.8, 4) is 0 Å². The van der Waals surface area contributed by atoms with Gasteiger partial charge in [-0.2, -0.15) is 0 Å². The summed E-state index contributed by atoms with van der Waals surface area (Å²) in [5.74, 6) is 0.169. The van der Waals surface area contributed by atoms with E-state index in [-0.39, 0.29) is 18.2 Å². The molecule has 0 amide bonds. The summed E-state index contributed by atoms with van der Waals surface area (Å²) in [5, 5.41) is 0. The van der Waals surface area contributed by atoms with Crippen LogP contribution in [0.2, 0.25) is 0 Å². The zero-order chi connectivity index (χ0) is 12.7. The lowest BCUT2D eigenvalue weighted by atomic mass is 10.0. The summed E-state index contributed by atoms with van der Waals surface area (Å²) in [5.41, 5.74) is 0.676. The predicted octanol–water partition coefficient (Wildman–Crippen LogP) is 3.13. The molecule has 0 atom stereocenters. The van der Waals surface area contributed by atoms with E-state index in [4.69, 9.17) is 4.42 Å². The highest BCUT2D eigenvalue weighted by Crippen LogP contribution is 2.26. The van der Waals surface area contributed by atoms with E-state index < -0.39 is 5.82 Å². The Labute approximate surface area is 111 Å². The van der Waals surface area contributed by atoms with Gasteiger partial charge in [0, 0.05) is 23.5 Å². The van der Waals surface area contributed by atoms with Crippen molar-refractivity contribution in [2.45, 2.75) is 6.54 Å². The molecule has 18 heavy (non-hydrogen) atoms. The topological polar surface area (TPSA) is 29.3 Å². The number of aromatic nitrogens is 1. The monoisotopic (exact) mass is 316 g/mol. The Morgan fingerprint density at radius 2 is 2.22 bits per heavy atom. The molecule has 1 saturated heterocycles. The van der Waals surface area contributed by atoms with E-state index in [0.717, 1.165) is 0 Å². The number of oxazole rings is 1. The number of likely N-dealkylation sites (tertiary alicyclic amines) is 1. The van der Waals surface area contributed by atoms with Crippen LogP contribution in [0, 0.1) is 11.7 Å². The Balaban J connectivity index is 1.79. The molecule has 1 aliphatic heterocycles. The van der Waals surface area contributed by atoms with E-state index in [1.165, 1.54) is 6.07 Å². The van der Waals surface area contributed by atoms with Crippen LogP contribution in [0.3, 0.4) is 0 Å². The molecule has 0 saturated carbocycles. The second-order valence-corrected chi connectivity index (χ2v) is 5.47. The molecule has 1 aromatic carbocycles. The van der Waals surface area contributed by atoms with E-state index in [1.807, 2.05) is 4.90 Å². The lowest BCUT2D eigenvalue weighted by Crippen LogP contribution is -2.46. The van der Waals surface area contributed by atoms with Gasteiger partial charge < -0.3 is 4.42 Å². The van der Waals surface area contributed by atoms with E-state index in [2.05, 4.69) is 20.9 Å². The summed E-state index contributed by atoms with van der Waals surface area (Å²) in [4.78, 5) is 6.26. The van der Waals surface area contributed by atoms with Gasteiger partial charge in [-0.3, -0.25) is 9.29 Å². The maximum Gasteiger partial charge on any atom is 0.209 e. The fourth-order valence-corrected chi connectivity index (χ4v) is 2.59. The van der Waals surface area contributed by atoms with E-state index in [0.29, 0.717) is 35.5 Å². The van der Waals surface area contributed by atoms with Crippen LogP contribution < -0.4 is 0 Å². The zero-order valence-corrected chi connectivity index (χ0v) is 11.1. The summed E-state index contributed by atoms with van der Waals surface area (Å²) >= 11 is 3.21. The van der Waals surface area contributed by atoms with Crippen molar-refractivity contribution in [1.29, 1.82) is 0 Å².